The average molecular weight is 231 g/mol. The van der Waals surface area contributed by atoms with Crippen molar-refractivity contribution in [2.24, 2.45) is 0 Å². The van der Waals surface area contributed by atoms with E-state index in [-0.39, 0.29) is 0 Å². The lowest BCUT2D eigenvalue weighted by Crippen LogP contribution is -2.52. The summed E-state index contributed by atoms with van der Waals surface area (Å²) in [7, 11) is 0. The summed E-state index contributed by atoms with van der Waals surface area (Å²) in [5.41, 5.74) is 1.69. The quantitative estimate of drug-likeness (QED) is 0.776. The van der Waals surface area contributed by atoms with Crippen LogP contribution in [0.3, 0.4) is 0 Å². The molecule has 1 spiro atoms. The van der Waals surface area contributed by atoms with Gasteiger partial charge in [0, 0.05) is 0 Å². The minimum Gasteiger partial charge on any atom is -0.491 e. The molecule has 0 amide bonds. The highest BCUT2D eigenvalue weighted by molar-refractivity contribution is 5.37. The van der Waals surface area contributed by atoms with E-state index in [0.29, 0.717) is 5.54 Å². The van der Waals surface area contributed by atoms with Gasteiger partial charge in [0.05, 0.1) is 5.54 Å². The molecule has 2 aliphatic heterocycles. The molecule has 1 aromatic carbocycles. The highest BCUT2D eigenvalue weighted by Gasteiger charge is 2.43. The maximum atomic E-state index is 6.00. The van der Waals surface area contributed by atoms with Crippen LogP contribution in [0.2, 0.25) is 0 Å². The predicted molar refractivity (Wildman–Crippen MR) is 69.5 cm³/mol. The normalized spacial score (nSPS) is 28.1. The smallest absolute Gasteiger partial charge is 0.122 e. The molecule has 1 atom stereocenters. The first-order valence-corrected chi connectivity index (χ1v) is 6.80. The molecule has 1 aromatic rings. The van der Waals surface area contributed by atoms with Gasteiger partial charge in [0.15, 0.2) is 0 Å². The van der Waals surface area contributed by atoms with Gasteiger partial charge in [0.2, 0.25) is 0 Å². The Bertz CT molecular complexity index is 404. The van der Waals surface area contributed by atoms with Crippen LogP contribution in [-0.4, -0.2) is 30.1 Å². The summed E-state index contributed by atoms with van der Waals surface area (Å²) in [6, 6.07) is 8.51. The van der Waals surface area contributed by atoms with Crippen molar-refractivity contribution >= 4 is 0 Å². The van der Waals surface area contributed by atoms with E-state index in [4.69, 9.17) is 4.74 Å². The zero-order valence-corrected chi connectivity index (χ0v) is 10.6. The Morgan fingerprint density at radius 2 is 2.24 bits per heavy atom. The molecular weight excluding hydrogens is 210 g/mol. The van der Waals surface area contributed by atoms with Crippen LogP contribution in [0.25, 0.3) is 0 Å². The summed E-state index contributed by atoms with van der Waals surface area (Å²) >= 11 is 0. The van der Waals surface area contributed by atoms with Crippen molar-refractivity contribution in [2.75, 3.05) is 19.7 Å². The molecule has 3 rings (SSSR count). The summed E-state index contributed by atoms with van der Waals surface area (Å²) in [4.78, 5) is 2.66. The van der Waals surface area contributed by atoms with E-state index in [0.717, 1.165) is 12.4 Å². The fraction of sp³-hybridized carbons (Fsp3) is 0.600. The van der Waals surface area contributed by atoms with Crippen molar-refractivity contribution in [3.8, 4) is 5.75 Å². The second-order valence-electron chi connectivity index (χ2n) is 5.39. The van der Waals surface area contributed by atoms with Gasteiger partial charge in [-0.3, -0.25) is 4.90 Å². The Morgan fingerprint density at radius 3 is 3.12 bits per heavy atom. The molecule has 0 saturated carbocycles. The van der Waals surface area contributed by atoms with Crippen molar-refractivity contribution in [2.45, 2.75) is 38.1 Å². The fourth-order valence-electron chi connectivity index (χ4n) is 3.39. The Labute approximate surface area is 104 Å². The second kappa shape index (κ2) is 4.34. The molecule has 2 nitrogen and oxygen atoms in total. The second-order valence-corrected chi connectivity index (χ2v) is 5.39. The predicted octanol–water partition coefficient (Wildman–Crippen LogP) is 2.87. The number of para-hydroxylation sites is 1. The highest BCUT2D eigenvalue weighted by Crippen LogP contribution is 2.39. The standard InChI is InChI=1S/C15H21NO/c1-2-9-16-10-5-8-15(16)11-13-6-3-4-7-14(13)17-12-15/h3-4,6-7H,2,5,8-12H2,1H3/t15-/m1/s1. The van der Waals surface area contributed by atoms with E-state index in [1.807, 2.05) is 0 Å². The van der Waals surface area contributed by atoms with E-state index in [1.54, 1.807) is 0 Å². The number of likely N-dealkylation sites (tertiary alicyclic amines) is 1. The molecule has 2 heteroatoms. The number of ether oxygens (including phenoxy) is 1. The van der Waals surface area contributed by atoms with Crippen molar-refractivity contribution in [3.05, 3.63) is 29.8 Å². The lowest BCUT2D eigenvalue weighted by Gasteiger charge is -2.41. The molecule has 0 aromatic heterocycles. The summed E-state index contributed by atoms with van der Waals surface area (Å²) in [6.45, 7) is 5.61. The Kier molecular flexibility index (Phi) is 2.83. The zero-order chi connectivity index (χ0) is 11.7. The van der Waals surface area contributed by atoms with E-state index >= 15 is 0 Å². The van der Waals surface area contributed by atoms with Crippen LogP contribution in [0.15, 0.2) is 24.3 Å². The average Bonchev–Trinajstić information content (AvgIpc) is 2.73. The first-order chi connectivity index (χ1) is 8.34. The van der Waals surface area contributed by atoms with Crippen LogP contribution in [0, 0.1) is 0 Å². The molecule has 2 aliphatic rings. The van der Waals surface area contributed by atoms with Crippen molar-refractivity contribution in [3.63, 3.8) is 0 Å². The summed E-state index contributed by atoms with van der Waals surface area (Å²) in [5.74, 6) is 1.10. The third-order valence-electron chi connectivity index (χ3n) is 4.22. The van der Waals surface area contributed by atoms with Gasteiger partial charge in [-0.05, 0) is 50.4 Å². The van der Waals surface area contributed by atoms with Crippen molar-refractivity contribution in [1.29, 1.82) is 0 Å². The van der Waals surface area contributed by atoms with E-state index < -0.39 is 0 Å². The first-order valence-electron chi connectivity index (χ1n) is 6.80. The van der Waals surface area contributed by atoms with Crippen molar-refractivity contribution < 1.29 is 4.74 Å². The number of hydrogen-bond donors (Lipinski definition) is 0. The van der Waals surface area contributed by atoms with Crippen LogP contribution in [0.1, 0.15) is 31.7 Å². The lowest BCUT2D eigenvalue weighted by atomic mass is 9.86. The SMILES string of the molecule is CCCN1CCC[C@@]12COc1ccccc1C2. The van der Waals surface area contributed by atoms with Gasteiger partial charge >= 0.3 is 0 Å². The molecule has 0 aliphatic carbocycles. The molecule has 1 fully saturated rings. The van der Waals surface area contributed by atoms with Crippen LogP contribution in [-0.2, 0) is 6.42 Å². The Hall–Kier alpha value is -1.02. The van der Waals surface area contributed by atoms with Gasteiger partial charge in [-0.2, -0.15) is 0 Å². The Balaban J connectivity index is 1.86. The summed E-state index contributed by atoms with van der Waals surface area (Å²) < 4.78 is 6.00. The monoisotopic (exact) mass is 231 g/mol. The molecule has 0 radical (unpaired) electrons. The van der Waals surface area contributed by atoms with Gasteiger partial charge in [-0.1, -0.05) is 25.1 Å². The zero-order valence-electron chi connectivity index (χ0n) is 10.6. The maximum Gasteiger partial charge on any atom is 0.122 e. The van der Waals surface area contributed by atoms with Crippen LogP contribution >= 0.6 is 0 Å². The first kappa shape index (κ1) is 11.1. The topological polar surface area (TPSA) is 12.5 Å². The minimum atomic E-state index is 0.296. The highest BCUT2D eigenvalue weighted by atomic mass is 16.5. The van der Waals surface area contributed by atoms with Gasteiger partial charge in [-0.25, -0.2) is 0 Å². The molecular formula is C15H21NO. The van der Waals surface area contributed by atoms with Gasteiger partial charge in [0.1, 0.15) is 12.4 Å². The Morgan fingerprint density at radius 1 is 1.35 bits per heavy atom. The van der Waals surface area contributed by atoms with Gasteiger partial charge in [-0.15, -0.1) is 0 Å². The summed E-state index contributed by atoms with van der Waals surface area (Å²) in [5, 5.41) is 0. The number of fused-ring (bicyclic) bond motifs is 1. The molecule has 92 valence electrons. The van der Waals surface area contributed by atoms with Gasteiger partial charge in [0.25, 0.3) is 0 Å². The lowest BCUT2D eigenvalue weighted by molar-refractivity contribution is 0.0606. The van der Waals surface area contributed by atoms with E-state index in [1.165, 1.54) is 44.3 Å². The maximum absolute atomic E-state index is 6.00. The van der Waals surface area contributed by atoms with E-state index in [9.17, 15) is 0 Å². The number of hydrogen-bond acceptors (Lipinski definition) is 2. The number of rotatable bonds is 2. The van der Waals surface area contributed by atoms with Crippen LogP contribution in [0.4, 0.5) is 0 Å². The third kappa shape index (κ3) is 1.85. The van der Waals surface area contributed by atoms with Gasteiger partial charge < -0.3 is 4.74 Å². The molecule has 0 unspecified atom stereocenters. The fourth-order valence-corrected chi connectivity index (χ4v) is 3.39. The molecule has 0 N–H and O–H groups in total. The summed E-state index contributed by atoms with van der Waals surface area (Å²) in [6.07, 6.45) is 5.03. The molecule has 17 heavy (non-hydrogen) atoms. The number of nitrogens with zero attached hydrogens (tertiary/aromatic N) is 1. The minimum absolute atomic E-state index is 0.296. The number of benzene rings is 1. The molecule has 2 heterocycles. The van der Waals surface area contributed by atoms with Crippen LogP contribution < -0.4 is 4.74 Å². The third-order valence-corrected chi connectivity index (χ3v) is 4.22. The van der Waals surface area contributed by atoms with Crippen molar-refractivity contribution in [1.82, 2.24) is 4.90 Å². The largest absolute Gasteiger partial charge is 0.491 e. The van der Waals surface area contributed by atoms with E-state index in [2.05, 4.69) is 36.1 Å². The molecule has 1 saturated heterocycles. The molecule has 0 bridgehead atoms. The van der Waals surface area contributed by atoms with Crippen LogP contribution in [0.5, 0.6) is 5.75 Å².